The first-order valence-corrected chi connectivity index (χ1v) is 7.28. The molecule has 112 valence electrons. The average molecular weight is 279 g/mol. The minimum atomic E-state index is 0.209. The molecule has 2 atom stereocenters. The predicted molar refractivity (Wildman–Crippen MR) is 79.4 cm³/mol. The molecule has 0 saturated heterocycles. The van der Waals surface area contributed by atoms with E-state index in [9.17, 15) is 0 Å². The Bertz CT molecular complexity index is 422. The van der Waals surface area contributed by atoms with Crippen LogP contribution >= 0.6 is 0 Å². The molecule has 2 unspecified atom stereocenters. The topological polar surface area (TPSA) is 39.7 Å². The van der Waals surface area contributed by atoms with Crippen molar-refractivity contribution in [3.8, 4) is 11.5 Å². The van der Waals surface area contributed by atoms with E-state index in [1.807, 2.05) is 19.2 Å². The largest absolute Gasteiger partial charge is 0.493 e. The maximum absolute atomic E-state index is 6.25. The van der Waals surface area contributed by atoms with E-state index in [1.165, 1.54) is 0 Å². The summed E-state index contributed by atoms with van der Waals surface area (Å²) in [7, 11) is 5.40. The molecule has 4 heteroatoms. The standard InChI is InChI=1S/C16H25NO3/c1-17-11-12-6-4-9-15(19-3)16(12)20-14-8-5-7-13(10-14)18-2/h4,6,9,13-14,17H,5,7-8,10-11H2,1-3H3. The quantitative estimate of drug-likeness (QED) is 0.869. The molecule has 1 aromatic rings. The third kappa shape index (κ3) is 3.64. The second-order valence-electron chi connectivity index (χ2n) is 5.24. The normalized spacial score (nSPS) is 22.6. The Kier molecular flexibility index (Phi) is 5.68. The number of para-hydroxylation sites is 1. The molecule has 0 bridgehead atoms. The summed E-state index contributed by atoms with van der Waals surface area (Å²) in [6, 6.07) is 6.02. The number of ether oxygens (including phenoxy) is 3. The number of rotatable bonds is 6. The molecule has 0 aliphatic heterocycles. The summed E-state index contributed by atoms with van der Waals surface area (Å²) in [6.07, 6.45) is 4.84. The molecule has 0 heterocycles. The van der Waals surface area contributed by atoms with Crippen LogP contribution in [0.4, 0.5) is 0 Å². The number of methoxy groups -OCH3 is 2. The molecule has 0 amide bonds. The van der Waals surface area contributed by atoms with E-state index in [2.05, 4.69) is 11.4 Å². The van der Waals surface area contributed by atoms with Crippen molar-refractivity contribution in [2.75, 3.05) is 21.3 Å². The zero-order valence-corrected chi connectivity index (χ0v) is 12.6. The molecule has 2 rings (SSSR count). The maximum atomic E-state index is 6.25. The first-order chi connectivity index (χ1) is 9.78. The molecule has 1 fully saturated rings. The van der Waals surface area contributed by atoms with Crippen LogP contribution in [-0.4, -0.2) is 33.5 Å². The van der Waals surface area contributed by atoms with E-state index in [4.69, 9.17) is 14.2 Å². The Balaban J connectivity index is 2.14. The Hall–Kier alpha value is -1.26. The van der Waals surface area contributed by atoms with E-state index < -0.39 is 0 Å². The number of hydrogen-bond acceptors (Lipinski definition) is 4. The van der Waals surface area contributed by atoms with Gasteiger partial charge in [-0.3, -0.25) is 0 Å². The highest BCUT2D eigenvalue weighted by atomic mass is 16.5. The van der Waals surface area contributed by atoms with Gasteiger partial charge in [0.05, 0.1) is 13.2 Å². The fraction of sp³-hybridized carbons (Fsp3) is 0.625. The lowest BCUT2D eigenvalue weighted by molar-refractivity contribution is 0.0198. The Morgan fingerprint density at radius 3 is 2.70 bits per heavy atom. The van der Waals surface area contributed by atoms with E-state index in [0.717, 1.165) is 49.3 Å². The SMILES string of the molecule is CNCc1cccc(OC)c1OC1CCCC(OC)C1. The number of nitrogens with one attached hydrogen (secondary N) is 1. The highest BCUT2D eigenvalue weighted by Crippen LogP contribution is 2.34. The monoisotopic (exact) mass is 279 g/mol. The van der Waals surface area contributed by atoms with Crippen LogP contribution in [0.25, 0.3) is 0 Å². The lowest BCUT2D eigenvalue weighted by atomic mass is 9.95. The number of hydrogen-bond donors (Lipinski definition) is 1. The van der Waals surface area contributed by atoms with Gasteiger partial charge in [0.25, 0.3) is 0 Å². The molecule has 1 N–H and O–H groups in total. The molecule has 4 nitrogen and oxygen atoms in total. The van der Waals surface area contributed by atoms with Gasteiger partial charge in [-0.15, -0.1) is 0 Å². The van der Waals surface area contributed by atoms with Gasteiger partial charge in [0.1, 0.15) is 6.10 Å². The highest BCUT2D eigenvalue weighted by Gasteiger charge is 2.24. The zero-order valence-electron chi connectivity index (χ0n) is 12.6. The van der Waals surface area contributed by atoms with E-state index >= 15 is 0 Å². The Morgan fingerprint density at radius 2 is 2.00 bits per heavy atom. The lowest BCUT2D eigenvalue weighted by Crippen LogP contribution is -2.30. The van der Waals surface area contributed by atoms with Crippen LogP contribution in [0.3, 0.4) is 0 Å². The summed E-state index contributed by atoms with van der Waals surface area (Å²) in [4.78, 5) is 0. The third-order valence-corrected chi connectivity index (χ3v) is 3.84. The van der Waals surface area contributed by atoms with Gasteiger partial charge in [-0.2, -0.15) is 0 Å². The van der Waals surface area contributed by atoms with Gasteiger partial charge in [0.15, 0.2) is 11.5 Å². The van der Waals surface area contributed by atoms with Crippen molar-refractivity contribution in [3.63, 3.8) is 0 Å². The molecule has 1 saturated carbocycles. The van der Waals surface area contributed by atoms with Crippen LogP contribution in [0.1, 0.15) is 31.2 Å². The minimum Gasteiger partial charge on any atom is -0.493 e. The van der Waals surface area contributed by atoms with Gasteiger partial charge < -0.3 is 19.5 Å². The molecule has 0 aromatic heterocycles. The summed E-state index contributed by atoms with van der Waals surface area (Å²) in [6.45, 7) is 0.771. The van der Waals surface area contributed by atoms with Crippen molar-refractivity contribution < 1.29 is 14.2 Å². The first kappa shape index (κ1) is 15.1. The van der Waals surface area contributed by atoms with Crippen LogP contribution in [0.5, 0.6) is 11.5 Å². The summed E-state index contributed by atoms with van der Waals surface area (Å²) in [5.74, 6) is 1.67. The smallest absolute Gasteiger partial charge is 0.166 e. The molecule has 20 heavy (non-hydrogen) atoms. The van der Waals surface area contributed by atoms with Gasteiger partial charge in [-0.05, 0) is 32.4 Å². The van der Waals surface area contributed by atoms with Crippen molar-refractivity contribution in [2.45, 2.75) is 44.4 Å². The molecule has 1 aliphatic rings. The lowest BCUT2D eigenvalue weighted by Gasteiger charge is -2.29. The first-order valence-electron chi connectivity index (χ1n) is 7.28. The van der Waals surface area contributed by atoms with Gasteiger partial charge in [-0.1, -0.05) is 12.1 Å². The van der Waals surface area contributed by atoms with Crippen molar-refractivity contribution in [1.82, 2.24) is 5.32 Å². The highest BCUT2D eigenvalue weighted by molar-refractivity contribution is 5.46. The molecular weight excluding hydrogens is 254 g/mol. The van der Waals surface area contributed by atoms with E-state index in [-0.39, 0.29) is 6.10 Å². The van der Waals surface area contributed by atoms with Crippen LogP contribution < -0.4 is 14.8 Å². The summed E-state index contributed by atoms with van der Waals surface area (Å²) < 4.78 is 17.2. The fourth-order valence-corrected chi connectivity index (χ4v) is 2.78. The molecule has 1 aliphatic carbocycles. The van der Waals surface area contributed by atoms with Crippen LogP contribution in [-0.2, 0) is 11.3 Å². The molecule has 0 radical (unpaired) electrons. The predicted octanol–water partition coefficient (Wildman–Crippen LogP) is 2.75. The molecule has 1 aromatic carbocycles. The molecule has 0 spiro atoms. The van der Waals surface area contributed by atoms with Gasteiger partial charge in [0, 0.05) is 25.6 Å². The van der Waals surface area contributed by atoms with Crippen molar-refractivity contribution >= 4 is 0 Å². The number of benzene rings is 1. The average Bonchev–Trinajstić information content (AvgIpc) is 2.49. The van der Waals surface area contributed by atoms with Crippen molar-refractivity contribution in [1.29, 1.82) is 0 Å². The molecular formula is C16H25NO3. The summed E-state index contributed by atoms with van der Waals surface area (Å²) in [5.41, 5.74) is 1.13. The third-order valence-electron chi connectivity index (χ3n) is 3.84. The van der Waals surface area contributed by atoms with Crippen LogP contribution in [0, 0.1) is 0 Å². The second-order valence-corrected chi connectivity index (χ2v) is 5.24. The van der Waals surface area contributed by atoms with Crippen molar-refractivity contribution in [2.24, 2.45) is 0 Å². The van der Waals surface area contributed by atoms with Gasteiger partial charge in [-0.25, -0.2) is 0 Å². The van der Waals surface area contributed by atoms with E-state index in [0.29, 0.717) is 6.10 Å². The van der Waals surface area contributed by atoms with Crippen LogP contribution in [0.15, 0.2) is 18.2 Å². The summed E-state index contributed by atoms with van der Waals surface area (Å²) >= 11 is 0. The minimum absolute atomic E-state index is 0.209. The zero-order chi connectivity index (χ0) is 14.4. The maximum Gasteiger partial charge on any atom is 0.166 e. The van der Waals surface area contributed by atoms with E-state index in [1.54, 1.807) is 14.2 Å². The Morgan fingerprint density at radius 1 is 1.20 bits per heavy atom. The van der Waals surface area contributed by atoms with Gasteiger partial charge >= 0.3 is 0 Å². The summed E-state index contributed by atoms with van der Waals surface area (Å²) in [5, 5.41) is 3.17. The second kappa shape index (κ2) is 7.50. The van der Waals surface area contributed by atoms with Crippen molar-refractivity contribution in [3.05, 3.63) is 23.8 Å². The fourth-order valence-electron chi connectivity index (χ4n) is 2.78. The van der Waals surface area contributed by atoms with Gasteiger partial charge in [0.2, 0.25) is 0 Å². The van der Waals surface area contributed by atoms with Crippen LogP contribution in [0.2, 0.25) is 0 Å². The Labute approximate surface area is 121 Å².